The Labute approximate surface area is 79.1 Å². The van der Waals surface area contributed by atoms with E-state index in [1.165, 1.54) is 13.0 Å². The molecule has 0 bridgehead atoms. The molecule has 0 saturated heterocycles. The predicted octanol–water partition coefficient (Wildman–Crippen LogP) is 2.93. The summed E-state index contributed by atoms with van der Waals surface area (Å²) >= 11 is 0. The topological polar surface area (TPSA) is 23.8 Å². The van der Waals surface area contributed by atoms with Crippen LogP contribution in [0.5, 0.6) is 0 Å². The summed E-state index contributed by atoms with van der Waals surface area (Å²) in [5.74, 6) is -3.73. The van der Waals surface area contributed by atoms with Crippen molar-refractivity contribution < 1.29 is 13.2 Å². The van der Waals surface area contributed by atoms with Gasteiger partial charge in [-0.25, -0.2) is 13.2 Å². The highest BCUT2D eigenvalue weighted by Crippen LogP contribution is 2.24. The molecule has 0 fully saturated rings. The maximum atomic E-state index is 13.3. The second-order valence-corrected chi connectivity index (χ2v) is 2.67. The summed E-state index contributed by atoms with van der Waals surface area (Å²) in [5.41, 5.74) is -1.28. The molecule has 1 aromatic carbocycles. The lowest BCUT2D eigenvalue weighted by Gasteiger charge is -2.06. The molecule has 0 N–H and O–H groups in total. The van der Waals surface area contributed by atoms with Crippen LogP contribution < -0.4 is 0 Å². The molecule has 72 valence electrons. The first-order valence-corrected chi connectivity index (χ1v) is 3.74. The third kappa shape index (κ3) is 1.27. The van der Waals surface area contributed by atoms with E-state index in [0.29, 0.717) is 0 Å². The Morgan fingerprint density at radius 2 is 1.79 bits per heavy atom. The number of hydrogen-bond donors (Lipinski definition) is 0. The van der Waals surface area contributed by atoms with Crippen molar-refractivity contribution in [2.75, 3.05) is 0 Å². The smallest absolute Gasteiger partial charge is 0.179 e. The van der Waals surface area contributed by atoms with Gasteiger partial charge in [-0.2, -0.15) is 5.26 Å². The number of benzene rings is 1. The normalized spacial score (nSPS) is 9.64. The predicted molar refractivity (Wildman–Crippen MR) is 45.9 cm³/mol. The minimum Gasteiger partial charge on any atom is -0.205 e. The molecule has 0 unspecified atom stereocenters. The van der Waals surface area contributed by atoms with Gasteiger partial charge in [0.25, 0.3) is 0 Å². The molecule has 14 heavy (non-hydrogen) atoms. The zero-order valence-corrected chi connectivity index (χ0v) is 7.37. The Bertz CT molecular complexity index is 444. The standard InChI is InChI=1S/C10H6F3N/c1-3-6-5(2)8(11)10(13)7(4-14)9(6)12/h3H,1H2,2H3. The van der Waals surface area contributed by atoms with E-state index in [4.69, 9.17) is 5.26 Å². The van der Waals surface area contributed by atoms with Crippen LogP contribution in [0.15, 0.2) is 6.58 Å². The van der Waals surface area contributed by atoms with Gasteiger partial charge in [0, 0.05) is 5.56 Å². The van der Waals surface area contributed by atoms with Crippen molar-refractivity contribution in [1.29, 1.82) is 5.26 Å². The molecule has 0 aliphatic rings. The number of halogens is 3. The summed E-state index contributed by atoms with van der Waals surface area (Å²) in [4.78, 5) is 0. The van der Waals surface area contributed by atoms with Gasteiger partial charge in [-0.1, -0.05) is 12.7 Å². The number of hydrogen-bond acceptors (Lipinski definition) is 1. The van der Waals surface area contributed by atoms with Crippen molar-refractivity contribution in [1.82, 2.24) is 0 Å². The lowest BCUT2D eigenvalue weighted by molar-refractivity contribution is 0.484. The third-order valence-electron chi connectivity index (χ3n) is 1.92. The minimum atomic E-state index is -1.45. The highest BCUT2D eigenvalue weighted by Gasteiger charge is 2.20. The summed E-state index contributed by atoms with van der Waals surface area (Å²) in [7, 11) is 0. The fourth-order valence-electron chi connectivity index (χ4n) is 1.13. The van der Waals surface area contributed by atoms with E-state index in [9.17, 15) is 13.2 Å². The molecule has 0 radical (unpaired) electrons. The SMILES string of the molecule is C=Cc1c(C)c(F)c(F)c(C#N)c1F. The maximum absolute atomic E-state index is 13.3. The number of nitrogens with zero attached hydrogens (tertiary/aromatic N) is 1. The van der Waals surface area contributed by atoms with E-state index < -0.39 is 23.0 Å². The highest BCUT2D eigenvalue weighted by molar-refractivity contribution is 5.56. The molecule has 0 atom stereocenters. The van der Waals surface area contributed by atoms with Crippen LogP contribution >= 0.6 is 0 Å². The van der Waals surface area contributed by atoms with Crippen LogP contribution in [0.1, 0.15) is 16.7 Å². The first kappa shape index (κ1) is 10.3. The van der Waals surface area contributed by atoms with E-state index in [-0.39, 0.29) is 11.1 Å². The molecule has 0 saturated carbocycles. The van der Waals surface area contributed by atoms with Gasteiger partial charge < -0.3 is 0 Å². The molecule has 1 nitrogen and oxygen atoms in total. The van der Waals surface area contributed by atoms with Crippen molar-refractivity contribution in [2.24, 2.45) is 0 Å². The van der Waals surface area contributed by atoms with Crippen LogP contribution in [0.25, 0.3) is 6.08 Å². The fourth-order valence-corrected chi connectivity index (χ4v) is 1.13. The Hall–Kier alpha value is -1.76. The summed E-state index contributed by atoms with van der Waals surface area (Å²) in [6, 6.07) is 1.27. The summed E-state index contributed by atoms with van der Waals surface area (Å²) in [6.07, 6.45) is 1.05. The Kier molecular flexibility index (Phi) is 2.61. The molecule has 1 rings (SSSR count). The van der Waals surface area contributed by atoms with Crippen LogP contribution in [-0.4, -0.2) is 0 Å². The van der Waals surface area contributed by atoms with E-state index in [2.05, 4.69) is 6.58 Å². The van der Waals surface area contributed by atoms with Gasteiger partial charge in [0.05, 0.1) is 0 Å². The lowest BCUT2D eigenvalue weighted by atomic mass is 10.0. The average Bonchev–Trinajstić information content (AvgIpc) is 2.16. The first-order chi connectivity index (χ1) is 6.54. The quantitative estimate of drug-likeness (QED) is 0.635. The maximum Gasteiger partial charge on any atom is 0.179 e. The Morgan fingerprint density at radius 3 is 2.21 bits per heavy atom. The molecular weight excluding hydrogens is 191 g/mol. The summed E-state index contributed by atoms with van der Waals surface area (Å²) in [5, 5.41) is 8.40. The second-order valence-electron chi connectivity index (χ2n) is 2.67. The number of rotatable bonds is 1. The Morgan fingerprint density at radius 1 is 1.21 bits per heavy atom. The molecule has 0 heterocycles. The van der Waals surface area contributed by atoms with Crippen molar-refractivity contribution in [3.63, 3.8) is 0 Å². The number of nitriles is 1. The monoisotopic (exact) mass is 197 g/mol. The average molecular weight is 197 g/mol. The zero-order valence-electron chi connectivity index (χ0n) is 7.37. The van der Waals surface area contributed by atoms with Gasteiger partial charge >= 0.3 is 0 Å². The summed E-state index contributed by atoms with van der Waals surface area (Å²) < 4.78 is 39.3. The van der Waals surface area contributed by atoms with E-state index in [1.54, 1.807) is 0 Å². The van der Waals surface area contributed by atoms with Gasteiger partial charge in [0.15, 0.2) is 17.5 Å². The second kappa shape index (κ2) is 3.54. The fraction of sp³-hybridized carbons (Fsp3) is 0.100. The largest absolute Gasteiger partial charge is 0.205 e. The van der Waals surface area contributed by atoms with Crippen LogP contribution in [0.2, 0.25) is 0 Å². The van der Waals surface area contributed by atoms with E-state index in [1.807, 2.05) is 0 Å². The van der Waals surface area contributed by atoms with Crippen molar-refractivity contribution in [3.05, 3.63) is 40.7 Å². The summed E-state index contributed by atoms with van der Waals surface area (Å²) in [6.45, 7) is 4.48. The van der Waals surface area contributed by atoms with Gasteiger partial charge in [0.2, 0.25) is 0 Å². The zero-order chi connectivity index (χ0) is 10.9. The van der Waals surface area contributed by atoms with Gasteiger partial charge in [0.1, 0.15) is 11.6 Å². The van der Waals surface area contributed by atoms with E-state index in [0.717, 1.165) is 6.08 Å². The van der Waals surface area contributed by atoms with Crippen LogP contribution in [-0.2, 0) is 0 Å². The molecule has 1 aromatic rings. The van der Waals surface area contributed by atoms with Gasteiger partial charge in [-0.3, -0.25) is 0 Å². The van der Waals surface area contributed by atoms with Crippen molar-refractivity contribution >= 4 is 6.08 Å². The molecule has 0 aliphatic carbocycles. The van der Waals surface area contributed by atoms with Crippen molar-refractivity contribution in [3.8, 4) is 6.07 Å². The molecule has 0 aromatic heterocycles. The van der Waals surface area contributed by atoms with Crippen LogP contribution in [0.4, 0.5) is 13.2 Å². The highest BCUT2D eigenvalue weighted by atomic mass is 19.2. The van der Waals surface area contributed by atoms with Crippen molar-refractivity contribution in [2.45, 2.75) is 6.92 Å². The molecule has 0 spiro atoms. The lowest BCUT2D eigenvalue weighted by Crippen LogP contribution is -2.02. The molecular formula is C10H6F3N. The van der Waals surface area contributed by atoms with Gasteiger partial charge in [-0.15, -0.1) is 0 Å². The first-order valence-electron chi connectivity index (χ1n) is 3.74. The van der Waals surface area contributed by atoms with Crippen LogP contribution in [0.3, 0.4) is 0 Å². The molecule has 4 heteroatoms. The third-order valence-corrected chi connectivity index (χ3v) is 1.92. The van der Waals surface area contributed by atoms with E-state index >= 15 is 0 Å². The Balaban J connectivity index is 3.75. The van der Waals surface area contributed by atoms with Gasteiger partial charge in [-0.05, 0) is 12.5 Å². The van der Waals surface area contributed by atoms with Crippen LogP contribution in [0, 0.1) is 35.7 Å². The minimum absolute atomic E-state index is 0.180. The molecule has 0 amide bonds. The molecule has 0 aliphatic heterocycles.